The highest BCUT2D eigenvalue weighted by Gasteiger charge is 2.28. The van der Waals surface area contributed by atoms with Crippen LogP contribution in [0.2, 0.25) is 0 Å². The number of sulfone groups is 1. The van der Waals surface area contributed by atoms with Gasteiger partial charge in [-0.25, -0.2) is 8.42 Å². The van der Waals surface area contributed by atoms with Crippen LogP contribution < -0.4 is 11.2 Å². The van der Waals surface area contributed by atoms with E-state index >= 15 is 0 Å². The summed E-state index contributed by atoms with van der Waals surface area (Å²) >= 11 is 0. The third kappa shape index (κ3) is 3.03. The van der Waals surface area contributed by atoms with Crippen molar-refractivity contribution in [2.75, 3.05) is 5.73 Å². The molecular formula is C18H16BNO5S. The summed E-state index contributed by atoms with van der Waals surface area (Å²) in [6.07, 6.45) is 1.48. The van der Waals surface area contributed by atoms with Gasteiger partial charge in [0.2, 0.25) is 0 Å². The summed E-state index contributed by atoms with van der Waals surface area (Å²) in [4.78, 5) is 0.152. The second-order valence-electron chi connectivity index (χ2n) is 6.19. The van der Waals surface area contributed by atoms with Gasteiger partial charge in [-0.2, -0.15) is 0 Å². The highest BCUT2D eigenvalue weighted by molar-refractivity contribution is 7.90. The Kier molecular flexibility index (Phi) is 4.10. The molecule has 0 aliphatic carbocycles. The molecule has 0 saturated heterocycles. The fourth-order valence-electron chi connectivity index (χ4n) is 3.09. The van der Waals surface area contributed by atoms with E-state index < -0.39 is 17.0 Å². The van der Waals surface area contributed by atoms with Crippen molar-refractivity contribution in [3.63, 3.8) is 0 Å². The first-order chi connectivity index (χ1) is 12.4. The second-order valence-corrected chi connectivity index (χ2v) is 8.15. The molecule has 8 heteroatoms. The molecule has 6 nitrogen and oxygen atoms in total. The number of hydrogen-bond acceptors (Lipinski definition) is 6. The van der Waals surface area contributed by atoms with Gasteiger partial charge in [-0.3, -0.25) is 0 Å². The molecule has 0 spiro atoms. The lowest BCUT2D eigenvalue weighted by molar-refractivity contribution is 0.275. The Balaban J connectivity index is 1.73. The van der Waals surface area contributed by atoms with Crippen molar-refractivity contribution >= 4 is 28.1 Å². The van der Waals surface area contributed by atoms with Crippen LogP contribution in [0, 0.1) is 0 Å². The van der Waals surface area contributed by atoms with Gasteiger partial charge < -0.3 is 19.8 Å². The third-order valence-corrected chi connectivity index (χ3v) is 6.09. The summed E-state index contributed by atoms with van der Waals surface area (Å²) in [7, 11) is -4.67. The predicted octanol–water partition coefficient (Wildman–Crippen LogP) is 1.72. The van der Waals surface area contributed by atoms with Gasteiger partial charge in [0.05, 0.1) is 23.5 Å². The standard InChI is InChI=1S/C18H16BNO5S/c20-14-5-6-18(15(9-14)17-2-1-7-24-17)26(22,23)11-12-3-4-13-10-25-19(21)16(13)8-12/h1-9,21H,10-11,20H2. The van der Waals surface area contributed by atoms with Crippen LogP contribution in [0.1, 0.15) is 11.1 Å². The highest BCUT2D eigenvalue weighted by atomic mass is 32.2. The first kappa shape index (κ1) is 16.9. The minimum Gasteiger partial charge on any atom is -0.464 e. The summed E-state index contributed by atoms with van der Waals surface area (Å²) in [5.74, 6) is 0.235. The molecule has 2 heterocycles. The first-order valence-electron chi connectivity index (χ1n) is 8.01. The molecule has 132 valence electrons. The van der Waals surface area contributed by atoms with Crippen molar-refractivity contribution in [1.29, 1.82) is 0 Å². The maximum absolute atomic E-state index is 13.0. The van der Waals surface area contributed by atoms with Crippen LogP contribution in [-0.2, 0) is 26.9 Å². The molecule has 3 N–H and O–H groups in total. The lowest BCUT2D eigenvalue weighted by Crippen LogP contribution is -2.28. The van der Waals surface area contributed by atoms with Crippen LogP contribution in [0.3, 0.4) is 0 Å². The zero-order valence-corrected chi connectivity index (χ0v) is 14.6. The quantitative estimate of drug-likeness (QED) is 0.536. The fraction of sp³-hybridized carbons (Fsp3) is 0.111. The normalized spacial score (nSPS) is 13.8. The van der Waals surface area contributed by atoms with E-state index in [1.54, 1.807) is 42.5 Å². The van der Waals surface area contributed by atoms with Crippen LogP contribution in [0.4, 0.5) is 5.69 Å². The molecular weight excluding hydrogens is 353 g/mol. The van der Waals surface area contributed by atoms with E-state index in [-0.39, 0.29) is 10.6 Å². The molecule has 26 heavy (non-hydrogen) atoms. The van der Waals surface area contributed by atoms with Crippen molar-refractivity contribution in [3.8, 4) is 11.3 Å². The first-order valence-corrected chi connectivity index (χ1v) is 9.67. The summed E-state index contributed by atoms with van der Waals surface area (Å²) in [5.41, 5.74) is 8.76. The molecule has 1 aliphatic heterocycles. The van der Waals surface area contributed by atoms with E-state index in [4.69, 9.17) is 14.8 Å². The van der Waals surface area contributed by atoms with Crippen molar-refractivity contribution in [2.24, 2.45) is 0 Å². The Bertz CT molecular complexity index is 1060. The van der Waals surface area contributed by atoms with Gasteiger partial charge >= 0.3 is 7.12 Å². The molecule has 1 aromatic heterocycles. The van der Waals surface area contributed by atoms with E-state index in [0.29, 0.717) is 34.6 Å². The average Bonchev–Trinajstić information content (AvgIpc) is 3.25. The number of hydrogen-bond donors (Lipinski definition) is 2. The summed E-state index contributed by atoms with van der Waals surface area (Å²) in [6, 6.07) is 13.2. The highest BCUT2D eigenvalue weighted by Crippen LogP contribution is 2.31. The van der Waals surface area contributed by atoms with Gasteiger partial charge in [0.15, 0.2) is 9.84 Å². The Morgan fingerprint density at radius 3 is 2.77 bits per heavy atom. The number of nitrogens with two attached hydrogens (primary N) is 1. The van der Waals surface area contributed by atoms with E-state index in [1.165, 1.54) is 12.3 Å². The number of fused-ring (bicyclic) bond motifs is 1. The Morgan fingerprint density at radius 2 is 2.00 bits per heavy atom. The molecule has 1 aliphatic rings. The summed E-state index contributed by atoms with van der Waals surface area (Å²) in [6.45, 7) is 0.324. The Labute approximate surface area is 151 Å². The van der Waals surface area contributed by atoms with Crippen molar-refractivity contribution < 1.29 is 22.5 Å². The average molecular weight is 369 g/mol. The number of nitrogen functional groups attached to an aromatic ring is 1. The van der Waals surface area contributed by atoms with Crippen molar-refractivity contribution in [1.82, 2.24) is 0 Å². The third-order valence-electron chi connectivity index (χ3n) is 4.36. The van der Waals surface area contributed by atoms with Crippen molar-refractivity contribution in [2.45, 2.75) is 17.3 Å². The van der Waals surface area contributed by atoms with Gasteiger partial charge in [-0.05, 0) is 46.9 Å². The lowest BCUT2D eigenvalue weighted by atomic mass is 9.79. The van der Waals surface area contributed by atoms with Crippen LogP contribution in [0.5, 0.6) is 0 Å². The number of benzene rings is 2. The van der Waals surface area contributed by atoms with Crippen LogP contribution in [-0.4, -0.2) is 20.6 Å². The van der Waals surface area contributed by atoms with Gasteiger partial charge in [-0.15, -0.1) is 0 Å². The van der Waals surface area contributed by atoms with E-state index in [9.17, 15) is 13.4 Å². The summed E-state index contributed by atoms with van der Waals surface area (Å²) in [5, 5.41) is 9.82. The molecule has 0 amide bonds. The number of anilines is 1. The lowest BCUT2D eigenvalue weighted by Gasteiger charge is -2.11. The summed E-state index contributed by atoms with van der Waals surface area (Å²) < 4.78 is 36.6. The topological polar surface area (TPSA) is 103 Å². The fourth-order valence-corrected chi connectivity index (χ4v) is 4.64. The number of furan rings is 1. The maximum atomic E-state index is 13.0. The molecule has 0 saturated carbocycles. The molecule has 2 aromatic carbocycles. The van der Waals surface area contributed by atoms with Gasteiger partial charge in [-0.1, -0.05) is 18.2 Å². The molecule has 4 rings (SSSR count). The van der Waals surface area contributed by atoms with E-state index in [2.05, 4.69) is 0 Å². The Hall–Kier alpha value is -2.55. The van der Waals surface area contributed by atoms with E-state index in [1.807, 2.05) is 0 Å². The predicted molar refractivity (Wildman–Crippen MR) is 98.3 cm³/mol. The maximum Gasteiger partial charge on any atom is 0.491 e. The Morgan fingerprint density at radius 1 is 1.15 bits per heavy atom. The van der Waals surface area contributed by atoms with Crippen LogP contribution >= 0.6 is 0 Å². The minimum atomic E-state index is -3.66. The smallest absolute Gasteiger partial charge is 0.464 e. The van der Waals surface area contributed by atoms with Crippen LogP contribution in [0.15, 0.2) is 64.1 Å². The van der Waals surface area contributed by atoms with E-state index in [0.717, 1.165) is 5.56 Å². The second kappa shape index (κ2) is 6.32. The zero-order chi connectivity index (χ0) is 18.3. The van der Waals surface area contributed by atoms with Gasteiger partial charge in [0, 0.05) is 11.3 Å². The SMILES string of the molecule is Nc1ccc(S(=O)(=O)Cc2ccc3c(c2)B(O)OC3)c(-c2ccco2)c1. The van der Waals surface area contributed by atoms with Gasteiger partial charge in [0.25, 0.3) is 0 Å². The molecule has 0 unspecified atom stereocenters. The van der Waals surface area contributed by atoms with Gasteiger partial charge in [0.1, 0.15) is 5.76 Å². The molecule has 0 atom stereocenters. The largest absolute Gasteiger partial charge is 0.491 e. The zero-order valence-electron chi connectivity index (χ0n) is 13.8. The molecule has 0 bridgehead atoms. The molecule has 0 radical (unpaired) electrons. The number of rotatable bonds is 4. The van der Waals surface area contributed by atoms with Crippen LogP contribution in [0.25, 0.3) is 11.3 Å². The monoisotopic (exact) mass is 369 g/mol. The molecule has 0 fully saturated rings. The van der Waals surface area contributed by atoms with Crippen molar-refractivity contribution in [3.05, 3.63) is 65.9 Å². The minimum absolute atomic E-state index is 0.152. The molecule has 3 aromatic rings.